The minimum Gasteiger partial charge on any atom is -0.380 e. The number of hydrogen-bond donors (Lipinski definition) is 3. The number of halogens is 1. The van der Waals surface area contributed by atoms with E-state index in [9.17, 15) is 4.79 Å². The number of carbonyl (C=O) groups is 1. The molecule has 8 heteroatoms. The molecule has 1 aliphatic rings. The fraction of sp³-hybridized carbons (Fsp3) is 0.217. The fourth-order valence-electron chi connectivity index (χ4n) is 3.39. The van der Waals surface area contributed by atoms with Crippen LogP contribution in [0.3, 0.4) is 0 Å². The molecule has 1 fully saturated rings. The van der Waals surface area contributed by atoms with Gasteiger partial charge in [-0.25, -0.2) is 4.98 Å². The summed E-state index contributed by atoms with van der Waals surface area (Å²) in [6.07, 6.45) is 1.48. The zero-order valence-electron chi connectivity index (χ0n) is 17.0. The van der Waals surface area contributed by atoms with Crippen molar-refractivity contribution in [2.24, 2.45) is 5.73 Å². The summed E-state index contributed by atoms with van der Waals surface area (Å²) >= 11 is 5.94. The molecule has 1 aromatic heterocycles. The molecule has 2 aromatic carbocycles. The van der Waals surface area contributed by atoms with Gasteiger partial charge in [0.2, 0.25) is 0 Å². The molecular formula is C23H24ClN5O2. The fourth-order valence-corrected chi connectivity index (χ4v) is 3.52. The van der Waals surface area contributed by atoms with Crippen molar-refractivity contribution in [2.75, 3.05) is 41.8 Å². The summed E-state index contributed by atoms with van der Waals surface area (Å²) < 4.78 is 5.41. The summed E-state index contributed by atoms with van der Waals surface area (Å²) in [6, 6.07) is 17.5. The Balaban J connectivity index is 1.47. The molecule has 0 saturated carbocycles. The van der Waals surface area contributed by atoms with E-state index in [1.54, 1.807) is 6.07 Å². The summed E-state index contributed by atoms with van der Waals surface area (Å²) in [5, 5.41) is 7.23. The van der Waals surface area contributed by atoms with Crippen LogP contribution in [0.25, 0.3) is 0 Å². The first-order valence-electron chi connectivity index (χ1n) is 10.1. The molecule has 7 nitrogen and oxygen atoms in total. The second kappa shape index (κ2) is 9.68. The number of hydrogen-bond acceptors (Lipinski definition) is 6. The standard InChI is InChI=1S/C23H24ClN5O2/c24-17-3-1-16(2-4-17)14-26-21-13-22(27-15-20(21)23(25)30)28-18-5-7-19(8-6-18)29-9-11-31-12-10-29/h1-8,13,15H,9-12,14H2,(H2,25,30)(H2,26,27,28). The minimum atomic E-state index is -0.535. The lowest BCUT2D eigenvalue weighted by Gasteiger charge is -2.28. The Kier molecular flexibility index (Phi) is 6.54. The maximum Gasteiger partial charge on any atom is 0.252 e. The number of rotatable bonds is 7. The molecule has 0 aliphatic carbocycles. The molecule has 0 unspecified atom stereocenters. The number of pyridine rings is 1. The van der Waals surface area contributed by atoms with Crippen molar-refractivity contribution in [1.82, 2.24) is 4.98 Å². The lowest BCUT2D eigenvalue weighted by molar-refractivity contribution is 0.100. The quantitative estimate of drug-likeness (QED) is 0.517. The first-order chi connectivity index (χ1) is 15.1. The first kappa shape index (κ1) is 21.0. The van der Waals surface area contributed by atoms with Crippen molar-refractivity contribution in [3.63, 3.8) is 0 Å². The molecule has 160 valence electrons. The van der Waals surface area contributed by atoms with Crippen molar-refractivity contribution in [3.8, 4) is 0 Å². The molecule has 4 rings (SSSR count). The van der Waals surface area contributed by atoms with Gasteiger partial charge in [-0.2, -0.15) is 0 Å². The molecule has 1 saturated heterocycles. The molecule has 1 aliphatic heterocycles. The lowest BCUT2D eigenvalue weighted by Crippen LogP contribution is -2.36. The highest BCUT2D eigenvalue weighted by atomic mass is 35.5. The Bertz CT molecular complexity index is 1030. The number of primary amides is 1. The van der Waals surface area contributed by atoms with Gasteiger partial charge in [-0.1, -0.05) is 23.7 Å². The molecule has 0 atom stereocenters. The van der Waals surface area contributed by atoms with E-state index in [1.165, 1.54) is 6.20 Å². The molecule has 0 bridgehead atoms. The van der Waals surface area contributed by atoms with Crippen LogP contribution in [0.5, 0.6) is 0 Å². The number of aromatic nitrogens is 1. The van der Waals surface area contributed by atoms with E-state index in [0.29, 0.717) is 28.6 Å². The number of nitrogens with one attached hydrogen (secondary N) is 2. The third-order valence-electron chi connectivity index (χ3n) is 5.08. The van der Waals surface area contributed by atoms with E-state index >= 15 is 0 Å². The van der Waals surface area contributed by atoms with Crippen LogP contribution in [0, 0.1) is 0 Å². The first-order valence-corrected chi connectivity index (χ1v) is 10.4. The molecule has 4 N–H and O–H groups in total. The largest absolute Gasteiger partial charge is 0.380 e. The molecule has 2 heterocycles. The van der Waals surface area contributed by atoms with Gasteiger partial charge < -0.3 is 26.0 Å². The van der Waals surface area contributed by atoms with Gasteiger partial charge in [-0.3, -0.25) is 4.79 Å². The van der Waals surface area contributed by atoms with E-state index in [4.69, 9.17) is 22.1 Å². The number of nitrogens with zero attached hydrogens (tertiary/aromatic N) is 2. The normalized spacial score (nSPS) is 13.6. The second-order valence-electron chi connectivity index (χ2n) is 7.23. The minimum absolute atomic E-state index is 0.335. The van der Waals surface area contributed by atoms with Crippen molar-refractivity contribution in [1.29, 1.82) is 0 Å². The summed E-state index contributed by atoms with van der Waals surface area (Å²) in [5.41, 5.74) is 9.57. The van der Waals surface area contributed by atoms with Gasteiger partial charge in [0.15, 0.2) is 0 Å². The van der Waals surface area contributed by atoms with Gasteiger partial charge in [-0.15, -0.1) is 0 Å². The van der Waals surface area contributed by atoms with Gasteiger partial charge in [0.1, 0.15) is 5.82 Å². The summed E-state index contributed by atoms with van der Waals surface area (Å²) in [6.45, 7) is 3.82. The van der Waals surface area contributed by atoms with Crippen LogP contribution >= 0.6 is 11.6 Å². The predicted molar refractivity (Wildman–Crippen MR) is 124 cm³/mol. The van der Waals surface area contributed by atoms with Crippen molar-refractivity contribution < 1.29 is 9.53 Å². The topological polar surface area (TPSA) is 92.5 Å². The van der Waals surface area contributed by atoms with E-state index < -0.39 is 5.91 Å². The number of carbonyl (C=O) groups excluding carboxylic acids is 1. The number of benzene rings is 2. The van der Waals surface area contributed by atoms with Crippen LogP contribution in [0.4, 0.5) is 22.9 Å². The molecule has 0 radical (unpaired) electrons. The van der Waals surface area contributed by atoms with Crippen LogP contribution in [0.15, 0.2) is 60.8 Å². The van der Waals surface area contributed by atoms with E-state index in [-0.39, 0.29) is 0 Å². The van der Waals surface area contributed by atoms with Crippen LogP contribution in [0.2, 0.25) is 5.02 Å². The lowest BCUT2D eigenvalue weighted by atomic mass is 10.2. The van der Waals surface area contributed by atoms with Crippen LogP contribution in [-0.2, 0) is 11.3 Å². The van der Waals surface area contributed by atoms with Gasteiger partial charge in [0.05, 0.1) is 24.5 Å². The van der Waals surface area contributed by atoms with E-state index in [0.717, 1.165) is 43.2 Å². The van der Waals surface area contributed by atoms with Crippen LogP contribution in [0.1, 0.15) is 15.9 Å². The van der Waals surface area contributed by atoms with Crippen molar-refractivity contribution in [3.05, 3.63) is 76.9 Å². The highest BCUT2D eigenvalue weighted by Crippen LogP contribution is 2.24. The Morgan fingerprint density at radius 3 is 2.48 bits per heavy atom. The van der Waals surface area contributed by atoms with Crippen LogP contribution < -0.4 is 21.3 Å². The third kappa shape index (κ3) is 5.45. The second-order valence-corrected chi connectivity index (χ2v) is 7.67. The number of morpholine rings is 1. The Morgan fingerprint density at radius 2 is 1.81 bits per heavy atom. The SMILES string of the molecule is NC(=O)c1cnc(Nc2ccc(N3CCOCC3)cc2)cc1NCc1ccc(Cl)cc1. The van der Waals surface area contributed by atoms with Gasteiger partial charge >= 0.3 is 0 Å². The Morgan fingerprint density at radius 1 is 1.10 bits per heavy atom. The number of amides is 1. The third-order valence-corrected chi connectivity index (χ3v) is 5.33. The molecular weight excluding hydrogens is 414 g/mol. The van der Waals surface area contributed by atoms with E-state index in [1.807, 2.05) is 36.4 Å². The Hall–Kier alpha value is -3.29. The number of nitrogens with two attached hydrogens (primary N) is 1. The molecule has 1 amide bonds. The van der Waals surface area contributed by atoms with Gasteiger partial charge in [0, 0.05) is 48.3 Å². The average molecular weight is 438 g/mol. The number of anilines is 4. The highest BCUT2D eigenvalue weighted by Gasteiger charge is 2.12. The zero-order valence-corrected chi connectivity index (χ0v) is 17.7. The van der Waals surface area contributed by atoms with Gasteiger partial charge in [0.25, 0.3) is 5.91 Å². The monoisotopic (exact) mass is 437 g/mol. The van der Waals surface area contributed by atoms with Crippen LogP contribution in [-0.4, -0.2) is 37.2 Å². The molecule has 3 aromatic rings. The highest BCUT2D eigenvalue weighted by molar-refractivity contribution is 6.30. The average Bonchev–Trinajstić information content (AvgIpc) is 2.80. The summed E-state index contributed by atoms with van der Waals surface area (Å²) in [7, 11) is 0. The maximum atomic E-state index is 11.8. The van der Waals surface area contributed by atoms with Crippen molar-refractivity contribution in [2.45, 2.75) is 6.54 Å². The predicted octanol–water partition coefficient (Wildman–Crippen LogP) is 4.03. The molecule has 0 spiro atoms. The van der Waals surface area contributed by atoms with Gasteiger partial charge in [-0.05, 0) is 42.0 Å². The number of ether oxygens (including phenoxy) is 1. The smallest absolute Gasteiger partial charge is 0.252 e. The maximum absolute atomic E-state index is 11.8. The van der Waals surface area contributed by atoms with E-state index in [2.05, 4.69) is 32.7 Å². The molecule has 31 heavy (non-hydrogen) atoms. The summed E-state index contributed by atoms with van der Waals surface area (Å²) in [5.74, 6) is 0.0789. The summed E-state index contributed by atoms with van der Waals surface area (Å²) in [4.78, 5) is 18.5. The van der Waals surface area contributed by atoms with Crippen molar-refractivity contribution >= 4 is 40.4 Å². The zero-order chi connectivity index (χ0) is 21.6. The Labute approximate surface area is 186 Å².